The van der Waals surface area contributed by atoms with E-state index in [4.69, 9.17) is 9.57 Å². The molecule has 26 heavy (non-hydrogen) atoms. The quantitative estimate of drug-likeness (QED) is 0.383. The number of carbonyl (C=O) groups excluding carboxylic acids is 1. The molecule has 0 unspecified atom stereocenters. The van der Waals surface area contributed by atoms with Gasteiger partial charge in [-0.1, -0.05) is 73.8 Å². The smallest absolute Gasteiger partial charge is 0.368 e. The van der Waals surface area contributed by atoms with Crippen LogP contribution in [0.15, 0.2) is 65.3 Å². The van der Waals surface area contributed by atoms with Crippen molar-refractivity contribution in [2.75, 3.05) is 6.61 Å². The molecule has 0 saturated carbocycles. The summed E-state index contributed by atoms with van der Waals surface area (Å²) in [5.74, 6) is 0.412. The molecule has 0 amide bonds. The summed E-state index contributed by atoms with van der Waals surface area (Å²) in [5, 5.41) is 3.92. The van der Waals surface area contributed by atoms with Crippen LogP contribution >= 0.6 is 0 Å². The Bertz CT molecular complexity index is 792. The fourth-order valence-electron chi connectivity index (χ4n) is 2.76. The zero-order chi connectivity index (χ0) is 18.2. The first kappa shape index (κ1) is 17.9. The molecule has 0 atom stereocenters. The molecule has 0 radical (unpaired) electrons. The molecule has 2 aromatic rings. The molecule has 0 spiro atoms. The van der Waals surface area contributed by atoms with Crippen LogP contribution in [0.1, 0.15) is 43.7 Å². The molecule has 0 saturated heterocycles. The van der Waals surface area contributed by atoms with Crippen LogP contribution in [0.2, 0.25) is 0 Å². The zero-order valence-corrected chi connectivity index (χ0v) is 15.0. The maximum Gasteiger partial charge on any atom is 0.368 e. The average Bonchev–Trinajstić information content (AvgIpc) is 3.04. The van der Waals surface area contributed by atoms with E-state index in [0.29, 0.717) is 11.3 Å². The molecule has 2 aromatic carbocycles. The third-order valence-electron chi connectivity index (χ3n) is 4.20. The maximum absolute atomic E-state index is 12.0. The van der Waals surface area contributed by atoms with Crippen LogP contribution in [0.3, 0.4) is 0 Å². The van der Waals surface area contributed by atoms with Gasteiger partial charge >= 0.3 is 5.97 Å². The minimum absolute atomic E-state index is 0.430. The van der Waals surface area contributed by atoms with Crippen molar-refractivity contribution in [3.63, 3.8) is 0 Å². The van der Waals surface area contributed by atoms with Gasteiger partial charge in [0.2, 0.25) is 0 Å². The Morgan fingerprint density at radius 3 is 2.50 bits per heavy atom. The molecule has 1 aliphatic rings. The maximum atomic E-state index is 12.0. The van der Waals surface area contributed by atoms with E-state index >= 15 is 0 Å². The third kappa shape index (κ3) is 4.60. The normalized spacial score (nSPS) is 15.0. The van der Waals surface area contributed by atoms with Gasteiger partial charge in [0.25, 0.3) is 0 Å². The molecule has 1 aliphatic heterocycles. The Kier molecular flexibility index (Phi) is 6.20. The molecule has 0 aliphatic carbocycles. The van der Waals surface area contributed by atoms with Crippen molar-refractivity contribution >= 4 is 17.8 Å². The van der Waals surface area contributed by atoms with E-state index in [1.54, 1.807) is 6.08 Å². The lowest BCUT2D eigenvalue weighted by Gasteiger charge is -2.06. The van der Waals surface area contributed by atoms with Crippen molar-refractivity contribution in [2.24, 2.45) is 5.16 Å². The standard InChI is InChI=1S/C22H23NO3/c1-2-3-4-8-15-25-19-13-11-17(12-14-19)16-20-21(23-26-22(20)24)18-9-6-5-7-10-18/h5-7,9-14,16H,2-4,8,15H2,1H3/b20-16+. The summed E-state index contributed by atoms with van der Waals surface area (Å²) in [7, 11) is 0. The van der Waals surface area contributed by atoms with Gasteiger partial charge in [-0.05, 0) is 30.2 Å². The van der Waals surface area contributed by atoms with Crippen LogP contribution < -0.4 is 4.74 Å². The van der Waals surface area contributed by atoms with Crippen molar-refractivity contribution in [1.29, 1.82) is 0 Å². The van der Waals surface area contributed by atoms with E-state index in [9.17, 15) is 4.79 Å². The highest BCUT2D eigenvalue weighted by molar-refractivity contribution is 6.31. The second kappa shape index (κ2) is 8.99. The highest BCUT2D eigenvalue weighted by atomic mass is 16.7. The first-order valence-electron chi connectivity index (χ1n) is 9.07. The Morgan fingerprint density at radius 1 is 1.00 bits per heavy atom. The van der Waals surface area contributed by atoms with Crippen LogP contribution in [-0.2, 0) is 9.63 Å². The van der Waals surface area contributed by atoms with Gasteiger partial charge in [0.05, 0.1) is 12.2 Å². The number of rotatable bonds is 8. The highest BCUT2D eigenvalue weighted by Gasteiger charge is 2.26. The first-order valence-corrected chi connectivity index (χ1v) is 9.07. The number of unbranched alkanes of at least 4 members (excludes halogenated alkanes) is 3. The molecule has 134 valence electrons. The Labute approximate surface area is 154 Å². The summed E-state index contributed by atoms with van der Waals surface area (Å²) in [6.45, 7) is 2.93. The fourth-order valence-corrected chi connectivity index (χ4v) is 2.76. The van der Waals surface area contributed by atoms with E-state index in [1.165, 1.54) is 19.3 Å². The average molecular weight is 349 g/mol. The predicted molar refractivity (Wildman–Crippen MR) is 103 cm³/mol. The van der Waals surface area contributed by atoms with Crippen molar-refractivity contribution in [3.05, 3.63) is 71.3 Å². The van der Waals surface area contributed by atoms with E-state index in [2.05, 4.69) is 12.1 Å². The molecule has 3 rings (SSSR count). The molecule has 4 nitrogen and oxygen atoms in total. The molecule has 0 bridgehead atoms. The van der Waals surface area contributed by atoms with Gasteiger partial charge < -0.3 is 9.57 Å². The number of carbonyl (C=O) groups is 1. The molecule has 0 N–H and O–H groups in total. The Hall–Kier alpha value is -2.88. The molecule has 0 aromatic heterocycles. The SMILES string of the molecule is CCCCCCOc1ccc(/C=C2/C(=O)ON=C2c2ccccc2)cc1. The topological polar surface area (TPSA) is 47.9 Å². The summed E-state index contributed by atoms with van der Waals surface area (Å²) in [4.78, 5) is 16.9. The van der Waals surface area contributed by atoms with Gasteiger partial charge in [0.15, 0.2) is 0 Å². The molecule has 1 heterocycles. The molecular weight excluding hydrogens is 326 g/mol. The van der Waals surface area contributed by atoms with E-state index in [1.807, 2.05) is 54.6 Å². The number of nitrogens with zero attached hydrogens (tertiary/aromatic N) is 1. The fraction of sp³-hybridized carbons (Fsp3) is 0.273. The van der Waals surface area contributed by atoms with Crippen LogP contribution in [0.5, 0.6) is 5.75 Å². The molecular formula is C22H23NO3. The lowest BCUT2D eigenvalue weighted by atomic mass is 10.0. The van der Waals surface area contributed by atoms with Gasteiger partial charge in [-0.3, -0.25) is 0 Å². The number of ether oxygens (including phenoxy) is 1. The second-order valence-electron chi connectivity index (χ2n) is 6.22. The minimum atomic E-state index is -0.430. The highest BCUT2D eigenvalue weighted by Crippen LogP contribution is 2.22. The van der Waals surface area contributed by atoms with Gasteiger partial charge in [-0.25, -0.2) is 4.79 Å². The summed E-state index contributed by atoms with van der Waals surface area (Å²) in [5.41, 5.74) is 2.79. The molecule has 0 fully saturated rings. The lowest BCUT2D eigenvalue weighted by molar-refractivity contribution is -0.136. The monoisotopic (exact) mass is 349 g/mol. The van der Waals surface area contributed by atoms with Crippen LogP contribution in [0.4, 0.5) is 0 Å². The van der Waals surface area contributed by atoms with Crippen LogP contribution in [-0.4, -0.2) is 18.3 Å². The second-order valence-corrected chi connectivity index (χ2v) is 6.22. The van der Waals surface area contributed by atoms with Crippen LogP contribution in [0, 0.1) is 0 Å². The Morgan fingerprint density at radius 2 is 1.77 bits per heavy atom. The lowest BCUT2D eigenvalue weighted by Crippen LogP contribution is -2.06. The van der Waals surface area contributed by atoms with Gasteiger partial charge in [-0.15, -0.1) is 0 Å². The minimum Gasteiger partial charge on any atom is -0.494 e. The van der Waals surface area contributed by atoms with Crippen molar-refractivity contribution in [3.8, 4) is 5.75 Å². The van der Waals surface area contributed by atoms with Gasteiger partial charge in [0.1, 0.15) is 11.5 Å². The van der Waals surface area contributed by atoms with E-state index in [0.717, 1.165) is 29.9 Å². The number of benzene rings is 2. The van der Waals surface area contributed by atoms with Crippen molar-refractivity contribution in [2.45, 2.75) is 32.6 Å². The predicted octanol–water partition coefficient (Wildman–Crippen LogP) is 4.99. The van der Waals surface area contributed by atoms with Gasteiger partial charge in [-0.2, -0.15) is 0 Å². The summed E-state index contributed by atoms with van der Waals surface area (Å²) < 4.78 is 5.75. The Balaban J connectivity index is 1.67. The van der Waals surface area contributed by atoms with Gasteiger partial charge in [0, 0.05) is 5.56 Å². The number of hydrogen-bond donors (Lipinski definition) is 0. The van der Waals surface area contributed by atoms with Crippen molar-refractivity contribution in [1.82, 2.24) is 0 Å². The summed E-state index contributed by atoms with van der Waals surface area (Å²) >= 11 is 0. The third-order valence-corrected chi connectivity index (χ3v) is 4.20. The summed E-state index contributed by atoms with van der Waals surface area (Å²) in [6.07, 6.45) is 6.54. The molecule has 4 heteroatoms. The summed E-state index contributed by atoms with van der Waals surface area (Å²) in [6, 6.07) is 17.3. The zero-order valence-electron chi connectivity index (χ0n) is 15.0. The number of hydrogen-bond acceptors (Lipinski definition) is 4. The van der Waals surface area contributed by atoms with Crippen molar-refractivity contribution < 1.29 is 14.4 Å². The first-order chi connectivity index (χ1) is 12.8. The van der Waals surface area contributed by atoms with E-state index < -0.39 is 5.97 Å². The largest absolute Gasteiger partial charge is 0.494 e. The number of oxime groups is 1. The van der Waals surface area contributed by atoms with Crippen LogP contribution in [0.25, 0.3) is 6.08 Å². The van der Waals surface area contributed by atoms with E-state index in [-0.39, 0.29) is 0 Å².